The van der Waals surface area contributed by atoms with E-state index in [2.05, 4.69) is 10.0 Å². The van der Waals surface area contributed by atoms with E-state index in [-0.39, 0.29) is 31.9 Å². The predicted octanol–water partition coefficient (Wildman–Crippen LogP) is 6.66. The van der Waals surface area contributed by atoms with Gasteiger partial charge in [0.05, 0.1) is 26.9 Å². The molecule has 0 aliphatic rings. The number of benzene rings is 3. The van der Waals surface area contributed by atoms with Gasteiger partial charge in [-0.15, -0.1) is 0 Å². The van der Waals surface area contributed by atoms with Crippen LogP contribution in [0.5, 0.6) is 0 Å². The van der Waals surface area contributed by atoms with Crippen molar-refractivity contribution in [1.82, 2.24) is 0 Å². The van der Waals surface area contributed by atoms with Gasteiger partial charge < -0.3 is 5.32 Å². The first-order valence-corrected chi connectivity index (χ1v) is 11.4. The lowest BCUT2D eigenvalue weighted by molar-refractivity contribution is 0.102. The highest BCUT2D eigenvalue weighted by Gasteiger charge is 2.20. The fourth-order valence-corrected chi connectivity index (χ4v) is 4.36. The molecule has 0 radical (unpaired) electrons. The number of nitrogens with one attached hydrogen (secondary N) is 2. The van der Waals surface area contributed by atoms with E-state index in [0.29, 0.717) is 15.6 Å². The smallest absolute Gasteiger partial charge is 0.261 e. The Labute approximate surface area is 194 Å². The summed E-state index contributed by atoms with van der Waals surface area (Å²) in [5.74, 6) is -0.619. The molecule has 0 unspecified atom stereocenters. The van der Waals surface area contributed by atoms with E-state index in [1.807, 2.05) is 0 Å². The summed E-state index contributed by atoms with van der Waals surface area (Å²) in [6, 6.07) is 13.1. The van der Waals surface area contributed by atoms with E-state index >= 15 is 0 Å². The number of halogens is 4. The third-order valence-electron chi connectivity index (χ3n) is 4.09. The van der Waals surface area contributed by atoms with Gasteiger partial charge in [0.2, 0.25) is 0 Å². The van der Waals surface area contributed by atoms with E-state index in [1.54, 1.807) is 13.0 Å². The number of sulfonamides is 1. The van der Waals surface area contributed by atoms with E-state index in [1.165, 1.54) is 48.5 Å². The molecule has 3 rings (SSSR count). The average molecular weight is 504 g/mol. The Hall–Kier alpha value is -1.96. The lowest BCUT2D eigenvalue weighted by atomic mass is 10.1. The number of rotatable bonds is 5. The maximum Gasteiger partial charge on any atom is 0.261 e. The molecule has 1 amide bonds. The molecule has 156 valence electrons. The van der Waals surface area contributed by atoms with Gasteiger partial charge in [0, 0.05) is 15.1 Å². The van der Waals surface area contributed by atoms with Crippen molar-refractivity contribution in [3.63, 3.8) is 0 Å². The first kappa shape index (κ1) is 22.7. The van der Waals surface area contributed by atoms with Crippen molar-refractivity contribution >= 4 is 73.7 Å². The molecule has 3 aromatic carbocycles. The van der Waals surface area contributed by atoms with Gasteiger partial charge in [0.25, 0.3) is 15.9 Å². The van der Waals surface area contributed by atoms with Crippen molar-refractivity contribution in [2.45, 2.75) is 11.8 Å². The molecule has 0 aromatic heterocycles. The predicted molar refractivity (Wildman–Crippen MR) is 123 cm³/mol. The topological polar surface area (TPSA) is 75.3 Å². The molecule has 0 aliphatic heterocycles. The van der Waals surface area contributed by atoms with Crippen molar-refractivity contribution in [3.8, 4) is 0 Å². The van der Waals surface area contributed by atoms with Crippen LogP contribution >= 0.6 is 46.4 Å². The van der Waals surface area contributed by atoms with Crippen LogP contribution < -0.4 is 10.0 Å². The molecule has 0 atom stereocenters. The third kappa shape index (κ3) is 5.20. The number of carbonyl (C=O) groups is 1. The van der Waals surface area contributed by atoms with Crippen molar-refractivity contribution in [1.29, 1.82) is 0 Å². The Kier molecular flexibility index (Phi) is 6.84. The number of carbonyl (C=O) groups excluding carboxylic acids is 1. The molecule has 0 spiro atoms. The molecular weight excluding hydrogens is 490 g/mol. The van der Waals surface area contributed by atoms with Crippen LogP contribution in [0, 0.1) is 6.92 Å². The molecule has 5 nitrogen and oxygen atoms in total. The molecule has 2 N–H and O–H groups in total. The van der Waals surface area contributed by atoms with Crippen LogP contribution in [0.4, 0.5) is 11.4 Å². The van der Waals surface area contributed by atoms with Crippen LogP contribution in [0.25, 0.3) is 0 Å². The first-order chi connectivity index (χ1) is 14.1. The van der Waals surface area contributed by atoms with Gasteiger partial charge in [-0.2, -0.15) is 0 Å². The van der Waals surface area contributed by atoms with Crippen LogP contribution in [0.15, 0.2) is 59.5 Å². The Morgan fingerprint density at radius 2 is 1.43 bits per heavy atom. The number of hydrogen-bond donors (Lipinski definition) is 2. The van der Waals surface area contributed by atoms with Crippen LogP contribution in [0.1, 0.15) is 15.9 Å². The van der Waals surface area contributed by atoms with E-state index < -0.39 is 15.9 Å². The maximum absolute atomic E-state index is 12.8. The second-order valence-electron chi connectivity index (χ2n) is 6.28. The molecule has 30 heavy (non-hydrogen) atoms. The summed E-state index contributed by atoms with van der Waals surface area (Å²) < 4.78 is 28.1. The number of aryl methyl sites for hydroxylation is 1. The largest absolute Gasteiger partial charge is 0.321 e. The van der Waals surface area contributed by atoms with E-state index in [4.69, 9.17) is 46.4 Å². The van der Waals surface area contributed by atoms with Crippen LogP contribution in [0.2, 0.25) is 20.1 Å². The van der Waals surface area contributed by atoms with Crippen LogP contribution in [-0.2, 0) is 10.0 Å². The zero-order valence-electron chi connectivity index (χ0n) is 15.3. The van der Waals surface area contributed by atoms with Crippen LogP contribution in [0.3, 0.4) is 0 Å². The number of hydrogen-bond acceptors (Lipinski definition) is 3. The Balaban J connectivity index is 1.96. The van der Waals surface area contributed by atoms with Gasteiger partial charge >= 0.3 is 0 Å². The highest BCUT2D eigenvalue weighted by atomic mass is 35.5. The summed E-state index contributed by atoms with van der Waals surface area (Å²) in [6.07, 6.45) is 0. The summed E-state index contributed by atoms with van der Waals surface area (Å²) in [5, 5.41) is 3.95. The highest BCUT2D eigenvalue weighted by Crippen LogP contribution is 2.29. The standard InChI is InChI=1S/C20H14Cl4N2O3S/c1-11-8-14(4-6-16(11)23)30(28,29)26-18-7-3-12(21)9-15(18)20(27)25-19-10-13(22)2-5-17(19)24/h2-10,26H,1H3,(H,25,27). The molecular formula is C20H14Cl4N2O3S. The molecule has 3 aromatic rings. The van der Waals surface area contributed by atoms with Gasteiger partial charge in [0.1, 0.15) is 0 Å². The van der Waals surface area contributed by atoms with Gasteiger partial charge in [0.15, 0.2) is 0 Å². The minimum atomic E-state index is -3.99. The molecule has 0 bridgehead atoms. The zero-order valence-corrected chi connectivity index (χ0v) is 19.2. The highest BCUT2D eigenvalue weighted by molar-refractivity contribution is 7.92. The molecule has 0 aliphatic carbocycles. The fraction of sp³-hybridized carbons (Fsp3) is 0.0500. The molecule has 0 saturated carbocycles. The van der Waals surface area contributed by atoms with Crippen molar-refractivity contribution in [2.75, 3.05) is 10.0 Å². The van der Waals surface area contributed by atoms with Gasteiger partial charge in [-0.05, 0) is 67.1 Å². The minimum absolute atomic E-state index is 0.00333. The summed E-state index contributed by atoms with van der Waals surface area (Å²) in [6.45, 7) is 1.69. The van der Waals surface area contributed by atoms with Crippen LogP contribution in [-0.4, -0.2) is 14.3 Å². The average Bonchev–Trinajstić information content (AvgIpc) is 2.68. The quantitative estimate of drug-likeness (QED) is 0.408. The first-order valence-electron chi connectivity index (χ1n) is 8.42. The zero-order chi connectivity index (χ0) is 22.1. The lowest BCUT2D eigenvalue weighted by Crippen LogP contribution is -2.19. The van der Waals surface area contributed by atoms with Gasteiger partial charge in [-0.1, -0.05) is 46.4 Å². The summed E-state index contributed by atoms with van der Waals surface area (Å²) >= 11 is 24.0. The van der Waals surface area contributed by atoms with Crippen molar-refractivity contribution in [3.05, 3.63) is 85.8 Å². The minimum Gasteiger partial charge on any atom is -0.321 e. The molecule has 0 saturated heterocycles. The van der Waals surface area contributed by atoms with Gasteiger partial charge in [-0.25, -0.2) is 8.42 Å². The molecule has 10 heteroatoms. The third-order valence-corrected chi connectivity index (χ3v) is 6.67. The van der Waals surface area contributed by atoms with Crippen molar-refractivity contribution < 1.29 is 13.2 Å². The monoisotopic (exact) mass is 502 g/mol. The lowest BCUT2D eigenvalue weighted by Gasteiger charge is -2.14. The summed E-state index contributed by atoms with van der Waals surface area (Å²) in [7, 11) is -3.99. The van der Waals surface area contributed by atoms with Crippen molar-refractivity contribution in [2.24, 2.45) is 0 Å². The van der Waals surface area contributed by atoms with E-state index in [0.717, 1.165) is 0 Å². The summed E-state index contributed by atoms with van der Waals surface area (Å²) in [4.78, 5) is 12.9. The Morgan fingerprint density at radius 1 is 0.800 bits per heavy atom. The maximum atomic E-state index is 12.8. The number of amides is 1. The molecule has 0 fully saturated rings. The second-order valence-corrected chi connectivity index (χ2v) is 9.65. The van der Waals surface area contributed by atoms with Gasteiger partial charge in [-0.3, -0.25) is 9.52 Å². The number of anilines is 2. The fourth-order valence-electron chi connectivity index (χ4n) is 2.56. The SMILES string of the molecule is Cc1cc(S(=O)(=O)Nc2ccc(Cl)cc2C(=O)Nc2cc(Cl)ccc2Cl)ccc1Cl. The molecule has 0 heterocycles. The Bertz CT molecular complexity index is 1250. The normalized spacial score (nSPS) is 11.2. The Morgan fingerprint density at radius 3 is 2.13 bits per heavy atom. The van der Waals surface area contributed by atoms with E-state index in [9.17, 15) is 13.2 Å². The summed E-state index contributed by atoms with van der Waals surface area (Å²) in [5.41, 5.74) is 0.927. The second kappa shape index (κ2) is 9.04.